The fourth-order valence-corrected chi connectivity index (χ4v) is 2.90. The van der Waals surface area contributed by atoms with Gasteiger partial charge >= 0.3 is 0 Å². The zero-order chi connectivity index (χ0) is 12.6. The Hall–Kier alpha value is -0.940. The van der Waals surface area contributed by atoms with Gasteiger partial charge in [0.05, 0.1) is 17.9 Å². The molecule has 96 valence electrons. The summed E-state index contributed by atoms with van der Waals surface area (Å²) in [4.78, 5) is 0. The zero-order valence-electron chi connectivity index (χ0n) is 11.0. The summed E-state index contributed by atoms with van der Waals surface area (Å²) >= 11 is 0. The fourth-order valence-electron chi connectivity index (χ4n) is 2.90. The summed E-state index contributed by atoms with van der Waals surface area (Å²) in [6.45, 7) is 6.45. The molecule has 5 atom stereocenters. The first-order valence-corrected chi connectivity index (χ1v) is 6.25. The van der Waals surface area contributed by atoms with E-state index in [0.29, 0.717) is 17.9 Å². The van der Waals surface area contributed by atoms with Gasteiger partial charge in [-0.15, -0.1) is 5.10 Å². The molecule has 5 unspecified atom stereocenters. The molecular weight excluding hydrogens is 216 g/mol. The lowest BCUT2D eigenvalue weighted by Gasteiger charge is -2.24. The van der Waals surface area contributed by atoms with Gasteiger partial charge < -0.3 is 10.5 Å². The van der Waals surface area contributed by atoms with Crippen molar-refractivity contribution in [3.8, 4) is 0 Å². The SMILES string of the molecule is CC1OC(C)C(C(N)Cc2cn(C)nn2)C1C. The highest BCUT2D eigenvalue weighted by atomic mass is 16.5. The Morgan fingerprint density at radius 2 is 2.12 bits per heavy atom. The predicted octanol–water partition coefficient (Wildman–Crippen LogP) is 0.744. The Morgan fingerprint density at radius 3 is 2.59 bits per heavy atom. The van der Waals surface area contributed by atoms with E-state index in [9.17, 15) is 0 Å². The second-order valence-electron chi connectivity index (χ2n) is 5.23. The minimum absolute atomic E-state index is 0.0849. The second-order valence-corrected chi connectivity index (χ2v) is 5.23. The number of aromatic nitrogens is 3. The summed E-state index contributed by atoms with van der Waals surface area (Å²) in [5.41, 5.74) is 7.26. The molecule has 17 heavy (non-hydrogen) atoms. The molecule has 5 nitrogen and oxygen atoms in total. The quantitative estimate of drug-likeness (QED) is 0.843. The number of nitrogens with two attached hydrogens (primary N) is 1. The van der Waals surface area contributed by atoms with Gasteiger partial charge in [-0.3, -0.25) is 4.68 Å². The van der Waals surface area contributed by atoms with Gasteiger partial charge in [0.25, 0.3) is 0 Å². The molecular formula is C12H22N4O. The largest absolute Gasteiger partial charge is 0.375 e. The van der Waals surface area contributed by atoms with Crippen molar-refractivity contribution in [2.75, 3.05) is 0 Å². The van der Waals surface area contributed by atoms with E-state index >= 15 is 0 Å². The predicted molar refractivity (Wildman–Crippen MR) is 65.3 cm³/mol. The van der Waals surface area contributed by atoms with Crippen molar-refractivity contribution >= 4 is 0 Å². The van der Waals surface area contributed by atoms with Crippen molar-refractivity contribution in [2.24, 2.45) is 24.6 Å². The normalized spacial score (nSPS) is 35.1. The Kier molecular flexibility index (Phi) is 3.49. The van der Waals surface area contributed by atoms with E-state index in [4.69, 9.17) is 10.5 Å². The van der Waals surface area contributed by atoms with Gasteiger partial charge in [0.2, 0.25) is 0 Å². The van der Waals surface area contributed by atoms with Crippen LogP contribution in [-0.4, -0.2) is 33.2 Å². The molecule has 2 heterocycles. The number of hydrogen-bond acceptors (Lipinski definition) is 4. The number of aryl methyl sites for hydroxylation is 1. The van der Waals surface area contributed by atoms with Gasteiger partial charge in [0.15, 0.2) is 0 Å². The van der Waals surface area contributed by atoms with Crippen LogP contribution in [0.25, 0.3) is 0 Å². The van der Waals surface area contributed by atoms with Crippen LogP contribution in [0.3, 0.4) is 0 Å². The summed E-state index contributed by atoms with van der Waals surface area (Å²) in [6.07, 6.45) is 3.21. The van der Waals surface area contributed by atoms with Crippen LogP contribution in [0.2, 0.25) is 0 Å². The molecule has 0 aliphatic carbocycles. The highest BCUT2D eigenvalue weighted by molar-refractivity contribution is 5.00. The minimum Gasteiger partial charge on any atom is -0.375 e. The molecule has 1 aliphatic rings. The first-order valence-electron chi connectivity index (χ1n) is 6.25. The van der Waals surface area contributed by atoms with Crippen LogP contribution in [-0.2, 0) is 18.2 Å². The van der Waals surface area contributed by atoms with Crippen LogP contribution < -0.4 is 5.73 Å². The summed E-state index contributed by atoms with van der Waals surface area (Å²) < 4.78 is 7.54. The Morgan fingerprint density at radius 1 is 1.41 bits per heavy atom. The van der Waals surface area contributed by atoms with Gasteiger partial charge in [-0.2, -0.15) is 0 Å². The third-order valence-corrected chi connectivity index (χ3v) is 3.91. The summed E-state index contributed by atoms with van der Waals surface area (Å²) in [7, 11) is 1.87. The first-order chi connectivity index (χ1) is 7.99. The maximum atomic E-state index is 6.31. The van der Waals surface area contributed by atoms with Gasteiger partial charge in [0, 0.05) is 31.6 Å². The number of ether oxygens (including phenoxy) is 1. The molecule has 1 aromatic rings. The van der Waals surface area contributed by atoms with Gasteiger partial charge in [-0.1, -0.05) is 12.1 Å². The molecule has 1 saturated heterocycles. The van der Waals surface area contributed by atoms with Crippen LogP contribution >= 0.6 is 0 Å². The lowest BCUT2D eigenvalue weighted by molar-refractivity contribution is 0.0490. The van der Waals surface area contributed by atoms with E-state index < -0.39 is 0 Å². The standard InChI is InChI=1S/C12H22N4O/c1-7-8(2)17-9(3)12(7)11(13)5-10-6-16(4)15-14-10/h6-9,11-12H,5,13H2,1-4H3. The van der Waals surface area contributed by atoms with Gasteiger partial charge in [-0.25, -0.2) is 0 Å². The number of nitrogens with zero attached hydrogens (tertiary/aromatic N) is 3. The monoisotopic (exact) mass is 238 g/mol. The van der Waals surface area contributed by atoms with E-state index in [1.165, 1.54) is 0 Å². The Labute approximate surface area is 102 Å². The van der Waals surface area contributed by atoms with Crippen LogP contribution in [0.5, 0.6) is 0 Å². The number of hydrogen-bond donors (Lipinski definition) is 1. The average molecular weight is 238 g/mol. The second kappa shape index (κ2) is 4.74. The molecule has 0 bridgehead atoms. The smallest absolute Gasteiger partial charge is 0.0842 e. The molecule has 2 rings (SSSR count). The van der Waals surface area contributed by atoms with Crippen LogP contribution in [0, 0.1) is 11.8 Å². The lowest BCUT2D eigenvalue weighted by Crippen LogP contribution is -2.39. The maximum absolute atomic E-state index is 6.31. The number of rotatable bonds is 3. The van der Waals surface area contributed by atoms with E-state index in [0.717, 1.165) is 12.1 Å². The maximum Gasteiger partial charge on any atom is 0.0842 e. The highest BCUT2D eigenvalue weighted by Crippen LogP contribution is 2.34. The molecule has 0 aromatic carbocycles. The minimum atomic E-state index is 0.0849. The van der Waals surface area contributed by atoms with E-state index in [-0.39, 0.29) is 12.1 Å². The average Bonchev–Trinajstić information content (AvgIpc) is 2.73. The van der Waals surface area contributed by atoms with Gasteiger partial charge in [0.1, 0.15) is 0 Å². The fraction of sp³-hybridized carbons (Fsp3) is 0.833. The Balaban J connectivity index is 2.02. The van der Waals surface area contributed by atoms with E-state index in [1.807, 2.05) is 13.2 Å². The molecule has 0 amide bonds. The van der Waals surface area contributed by atoms with Crippen molar-refractivity contribution < 1.29 is 4.74 Å². The van der Waals surface area contributed by atoms with Gasteiger partial charge in [-0.05, 0) is 19.8 Å². The third kappa shape index (κ3) is 2.50. The summed E-state index contributed by atoms with van der Waals surface area (Å²) in [5, 5.41) is 8.02. The van der Waals surface area contributed by atoms with Crippen molar-refractivity contribution in [3.05, 3.63) is 11.9 Å². The van der Waals surface area contributed by atoms with Crippen molar-refractivity contribution in [3.63, 3.8) is 0 Å². The zero-order valence-corrected chi connectivity index (χ0v) is 11.0. The molecule has 1 aliphatic heterocycles. The molecule has 0 spiro atoms. The van der Waals surface area contributed by atoms with Crippen LogP contribution in [0.15, 0.2) is 6.20 Å². The van der Waals surface area contributed by atoms with Crippen molar-refractivity contribution in [1.82, 2.24) is 15.0 Å². The summed E-state index contributed by atoms with van der Waals surface area (Å²) in [5.74, 6) is 0.892. The first kappa shape index (κ1) is 12.5. The van der Waals surface area contributed by atoms with Crippen LogP contribution in [0.4, 0.5) is 0 Å². The van der Waals surface area contributed by atoms with Crippen molar-refractivity contribution in [2.45, 2.75) is 45.4 Å². The van der Waals surface area contributed by atoms with E-state index in [2.05, 4.69) is 31.1 Å². The third-order valence-electron chi connectivity index (χ3n) is 3.91. The summed E-state index contributed by atoms with van der Waals surface area (Å²) in [6, 6.07) is 0.0849. The molecule has 0 radical (unpaired) electrons. The molecule has 0 saturated carbocycles. The Bertz CT molecular complexity index is 378. The lowest BCUT2D eigenvalue weighted by atomic mass is 9.82. The molecule has 5 heteroatoms. The van der Waals surface area contributed by atoms with Crippen molar-refractivity contribution in [1.29, 1.82) is 0 Å². The van der Waals surface area contributed by atoms with Crippen LogP contribution in [0.1, 0.15) is 26.5 Å². The molecule has 1 aromatic heterocycles. The molecule has 1 fully saturated rings. The molecule has 2 N–H and O–H groups in total. The highest BCUT2D eigenvalue weighted by Gasteiger charge is 2.40. The topological polar surface area (TPSA) is 66.0 Å². The van der Waals surface area contributed by atoms with E-state index in [1.54, 1.807) is 4.68 Å².